The second-order valence-corrected chi connectivity index (χ2v) is 3.51. The van der Waals surface area contributed by atoms with Crippen LogP contribution in [0.25, 0.3) is 0 Å². The summed E-state index contributed by atoms with van der Waals surface area (Å²) in [6, 6.07) is 0.616. The molecule has 0 saturated heterocycles. The van der Waals surface area contributed by atoms with Gasteiger partial charge in [0.25, 0.3) is 0 Å². The zero-order chi connectivity index (χ0) is 9.80. The molecule has 76 valence electrons. The summed E-state index contributed by atoms with van der Waals surface area (Å²) in [5, 5.41) is 7.86. The van der Waals surface area contributed by atoms with Gasteiger partial charge in [0.15, 0.2) is 0 Å². The molecule has 14 heavy (non-hydrogen) atoms. The van der Waals surface area contributed by atoms with Crippen LogP contribution in [0.2, 0.25) is 0 Å². The van der Waals surface area contributed by atoms with Gasteiger partial charge in [-0.3, -0.25) is 0 Å². The zero-order valence-electron chi connectivity index (χ0n) is 8.13. The SMILES string of the molecule is NCCCN(c1nccnn1)C1CC1. The van der Waals surface area contributed by atoms with Gasteiger partial charge in [0, 0.05) is 12.6 Å². The zero-order valence-corrected chi connectivity index (χ0v) is 8.13. The first-order valence-electron chi connectivity index (χ1n) is 5.02. The van der Waals surface area contributed by atoms with Crippen molar-refractivity contribution in [3.05, 3.63) is 12.4 Å². The first kappa shape index (κ1) is 9.33. The molecule has 0 aliphatic heterocycles. The van der Waals surface area contributed by atoms with Gasteiger partial charge in [0.1, 0.15) is 0 Å². The molecule has 1 aliphatic rings. The molecule has 0 amide bonds. The van der Waals surface area contributed by atoms with Crippen molar-refractivity contribution >= 4 is 5.95 Å². The smallest absolute Gasteiger partial charge is 0.245 e. The highest BCUT2D eigenvalue weighted by Crippen LogP contribution is 2.29. The van der Waals surface area contributed by atoms with Gasteiger partial charge in [-0.1, -0.05) is 0 Å². The minimum absolute atomic E-state index is 0.616. The van der Waals surface area contributed by atoms with Gasteiger partial charge in [0.2, 0.25) is 5.95 Å². The van der Waals surface area contributed by atoms with Crippen LogP contribution in [0.3, 0.4) is 0 Å². The van der Waals surface area contributed by atoms with Crippen LogP contribution in [-0.2, 0) is 0 Å². The molecule has 0 aromatic carbocycles. The largest absolute Gasteiger partial charge is 0.336 e. The molecular weight excluding hydrogens is 178 g/mol. The lowest BCUT2D eigenvalue weighted by Gasteiger charge is -2.20. The van der Waals surface area contributed by atoms with E-state index < -0.39 is 0 Å². The van der Waals surface area contributed by atoms with E-state index in [2.05, 4.69) is 20.1 Å². The van der Waals surface area contributed by atoms with E-state index in [0.717, 1.165) is 18.9 Å². The molecule has 1 aromatic rings. The number of aromatic nitrogens is 3. The van der Waals surface area contributed by atoms with Crippen LogP contribution in [0.1, 0.15) is 19.3 Å². The molecule has 1 saturated carbocycles. The molecule has 1 heterocycles. The van der Waals surface area contributed by atoms with Crippen LogP contribution in [-0.4, -0.2) is 34.3 Å². The molecule has 1 aromatic heterocycles. The van der Waals surface area contributed by atoms with E-state index in [1.54, 1.807) is 12.4 Å². The maximum absolute atomic E-state index is 5.49. The van der Waals surface area contributed by atoms with Crippen LogP contribution < -0.4 is 10.6 Å². The standard InChI is InChI=1S/C9H15N5/c10-4-1-7-14(8-2-3-8)9-11-5-6-12-13-9/h5-6,8H,1-4,7,10H2. The fourth-order valence-corrected chi connectivity index (χ4v) is 1.47. The predicted octanol–water partition coefficient (Wildman–Crippen LogP) is 0.189. The van der Waals surface area contributed by atoms with Crippen molar-refractivity contribution < 1.29 is 0 Å². The van der Waals surface area contributed by atoms with Gasteiger partial charge < -0.3 is 10.6 Å². The molecule has 1 fully saturated rings. The van der Waals surface area contributed by atoms with Gasteiger partial charge in [-0.2, -0.15) is 5.10 Å². The minimum atomic E-state index is 0.616. The molecule has 0 spiro atoms. The van der Waals surface area contributed by atoms with Crippen molar-refractivity contribution in [1.29, 1.82) is 0 Å². The Bertz CT molecular complexity index is 272. The van der Waals surface area contributed by atoms with Crippen LogP contribution in [0.5, 0.6) is 0 Å². The van der Waals surface area contributed by atoms with Crippen LogP contribution >= 0.6 is 0 Å². The first-order valence-corrected chi connectivity index (χ1v) is 5.02. The summed E-state index contributed by atoms with van der Waals surface area (Å²) in [5.41, 5.74) is 5.49. The number of hydrogen-bond donors (Lipinski definition) is 1. The van der Waals surface area contributed by atoms with Crippen LogP contribution in [0.4, 0.5) is 5.95 Å². The van der Waals surface area contributed by atoms with E-state index in [1.165, 1.54) is 12.8 Å². The Morgan fingerprint density at radius 1 is 1.43 bits per heavy atom. The molecule has 2 N–H and O–H groups in total. The summed E-state index contributed by atoms with van der Waals surface area (Å²) in [6.45, 7) is 1.65. The highest BCUT2D eigenvalue weighted by atomic mass is 15.3. The Kier molecular flexibility index (Phi) is 2.88. The molecule has 0 atom stereocenters. The third kappa shape index (κ3) is 2.17. The van der Waals surface area contributed by atoms with E-state index in [4.69, 9.17) is 5.73 Å². The average molecular weight is 193 g/mol. The summed E-state index contributed by atoms with van der Waals surface area (Å²) in [6.07, 6.45) is 6.73. The number of anilines is 1. The van der Waals surface area contributed by atoms with Gasteiger partial charge in [-0.25, -0.2) is 4.98 Å². The Balaban J connectivity index is 2.02. The van der Waals surface area contributed by atoms with Crippen molar-refractivity contribution in [1.82, 2.24) is 15.2 Å². The summed E-state index contributed by atoms with van der Waals surface area (Å²) >= 11 is 0. The average Bonchev–Trinajstić information content (AvgIpc) is 3.04. The topological polar surface area (TPSA) is 67.9 Å². The molecule has 1 aliphatic carbocycles. The Hall–Kier alpha value is -1.23. The summed E-state index contributed by atoms with van der Waals surface area (Å²) < 4.78 is 0. The molecule has 5 heteroatoms. The third-order valence-corrected chi connectivity index (χ3v) is 2.32. The molecular formula is C9H15N5. The monoisotopic (exact) mass is 193 g/mol. The van der Waals surface area contributed by atoms with E-state index >= 15 is 0 Å². The van der Waals surface area contributed by atoms with Gasteiger partial charge in [-0.15, -0.1) is 5.10 Å². The number of rotatable bonds is 5. The van der Waals surface area contributed by atoms with E-state index in [0.29, 0.717) is 12.6 Å². The lowest BCUT2D eigenvalue weighted by molar-refractivity contribution is 0.700. The molecule has 0 unspecified atom stereocenters. The summed E-state index contributed by atoms with van der Waals surface area (Å²) in [7, 11) is 0. The highest BCUT2D eigenvalue weighted by Gasteiger charge is 2.30. The molecule has 0 radical (unpaired) electrons. The lowest BCUT2D eigenvalue weighted by Crippen LogP contribution is -2.30. The van der Waals surface area contributed by atoms with E-state index in [9.17, 15) is 0 Å². The van der Waals surface area contributed by atoms with Crippen LogP contribution in [0.15, 0.2) is 12.4 Å². The van der Waals surface area contributed by atoms with Crippen molar-refractivity contribution in [3.63, 3.8) is 0 Å². The Morgan fingerprint density at radius 2 is 2.29 bits per heavy atom. The summed E-state index contributed by atoms with van der Waals surface area (Å²) in [5.74, 6) is 0.739. The van der Waals surface area contributed by atoms with Crippen molar-refractivity contribution in [2.24, 2.45) is 5.73 Å². The quantitative estimate of drug-likeness (QED) is 0.723. The molecule has 5 nitrogen and oxygen atoms in total. The van der Waals surface area contributed by atoms with Gasteiger partial charge in [-0.05, 0) is 25.8 Å². The number of nitrogens with zero attached hydrogens (tertiary/aromatic N) is 4. The third-order valence-electron chi connectivity index (χ3n) is 2.32. The first-order chi connectivity index (χ1) is 6.92. The fraction of sp³-hybridized carbons (Fsp3) is 0.667. The second-order valence-electron chi connectivity index (χ2n) is 3.51. The number of hydrogen-bond acceptors (Lipinski definition) is 5. The molecule has 2 rings (SSSR count). The minimum Gasteiger partial charge on any atom is -0.336 e. The Morgan fingerprint density at radius 3 is 2.86 bits per heavy atom. The molecule has 0 bridgehead atoms. The van der Waals surface area contributed by atoms with E-state index in [-0.39, 0.29) is 0 Å². The van der Waals surface area contributed by atoms with Crippen molar-refractivity contribution in [2.75, 3.05) is 18.0 Å². The maximum Gasteiger partial charge on any atom is 0.245 e. The number of nitrogens with two attached hydrogens (primary N) is 1. The van der Waals surface area contributed by atoms with Crippen molar-refractivity contribution in [2.45, 2.75) is 25.3 Å². The summed E-state index contributed by atoms with van der Waals surface area (Å²) in [4.78, 5) is 6.41. The van der Waals surface area contributed by atoms with E-state index in [1.807, 2.05) is 0 Å². The maximum atomic E-state index is 5.49. The van der Waals surface area contributed by atoms with Crippen molar-refractivity contribution in [3.8, 4) is 0 Å². The lowest BCUT2D eigenvalue weighted by atomic mass is 10.4. The highest BCUT2D eigenvalue weighted by molar-refractivity contribution is 5.31. The van der Waals surface area contributed by atoms with Gasteiger partial charge >= 0.3 is 0 Å². The predicted molar refractivity (Wildman–Crippen MR) is 53.9 cm³/mol. The van der Waals surface area contributed by atoms with Gasteiger partial charge in [0.05, 0.1) is 12.4 Å². The van der Waals surface area contributed by atoms with Crippen LogP contribution in [0, 0.1) is 0 Å². The second kappa shape index (κ2) is 4.32. The Labute approximate surface area is 83.3 Å². The normalized spacial score (nSPS) is 15.5. The fourth-order valence-electron chi connectivity index (χ4n) is 1.47.